The monoisotopic (exact) mass is 208 g/mol. The van der Waals surface area contributed by atoms with Gasteiger partial charge in [0.1, 0.15) is 6.10 Å². The Morgan fingerprint density at radius 2 is 2.33 bits per heavy atom. The van der Waals surface area contributed by atoms with Gasteiger partial charge in [-0.25, -0.2) is 0 Å². The first-order valence-electron chi connectivity index (χ1n) is 5.97. The standard InChI is InChI=1S/C13H20O2/c1-10(14)15-12-6-8-13(2)7-4-3-5-11(13)9-12/h5,12H,3-4,6-9H2,1-2H3/t12?,13-/m0/s1. The van der Waals surface area contributed by atoms with Crippen LogP contribution >= 0.6 is 0 Å². The average molecular weight is 208 g/mol. The van der Waals surface area contributed by atoms with Crippen LogP contribution in [0.1, 0.15) is 52.4 Å². The van der Waals surface area contributed by atoms with Gasteiger partial charge in [0.15, 0.2) is 0 Å². The molecule has 0 saturated heterocycles. The lowest BCUT2D eigenvalue weighted by atomic mass is 9.65. The average Bonchev–Trinajstić information content (AvgIpc) is 2.17. The zero-order chi connectivity index (χ0) is 10.9. The fraction of sp³-hybridized carbons (Fsp3) is 0.769. The van der Waals surface area contributed by atoms with Gasteiger partial charge in [-0.05, 0) is 37.5 Å². The minimum atomic E-state index is -0.139. The lowest BCUT2D eigenvalue weighted by Gasteiger charge is -2.42. The van der Waals surface area contributed by atoms with Crippen molar-refractivity contribution in [1.82, 2.24) is 0 Å². The smallest absolute Gasteiger partial charge is 0.302 e. The molecule has 0 aromatic carbocycles. The van der Waals surface area contributed by atoms with E-state index in [2.05, 4.69) is 13.0 Å². The summed E-state index contributed by atoms with van der Waals surface area (Å²) in [5.41, 5.74) is 1.95. The van der Waals surface area contributed by atoms with Crippen LogP contribution in [0.15, 0.2) is 11.6 Å². The summed E-state index contributed by atoms with van der Waals surface area (Å²) in [7, 11) is 0. The molecular weight excluding hydrogens is 188 g/mol. The van der Waals surface area contributed by atoms with E-state index in [9.17, 15) is 4.79 Å². The highest BCUT2D eigenvalue weighted by atomic mass is 16.5. The highest BCUT2D eigenvalue weighted by molar-refractivity contribution is 5.66. The molecule has 0 bridgehead atoms. The van der Waals surface area contributed by atoms with Crippen molar-refractivity contribution < 1.29 is 9.53 Å². The maximum absolute atomic E-state index is 10.9. The zero-order valence-electron chi connectivity index (χ0n) is 9.71. The number of allylic oxidation sites excluding steroid dienone is 1. The van der Waals surface area contributed by atoms with E-state index in [1.165, 1.54) is 38.2 Å². The lowest BCUT2D eigenvalue weighted by Crippen LogP contribution is -2.33. The van der Waals surface area contributed by atoms with Crippen LogP contribution in [0.2, 0.25) is 0 Å². The molecule has 1 fully saturated rings. The third-order valence-electron chi connectivity index (χ3n) is 3.90. The number of fused-ring (bicyclic) bond motifs is 1. The molecule has 1 saturated carbocycles. The molecule has 2 rings (SSSR count). The second-order valence-corrected chi connectivity index (χ2v) is 5.16. The zero-order valence-corrected chi connectivity index (χ0v) is 9.71. The van der Waals surface area contributed by atoms with Crippen molar-refractivity contribution in [3.8, 4) is 0 Å². The summed E-state index contributed by atoms with van der Waals surface area (Å²) in [5, 5.41) is 0. The maximum Gasteiger partial charge on any atom is 0.302 e. The number of hydrogen-bond acceptors (Lipinski definition) is 2. The predicted octanol–water partition coefficient (Wildman–Crippen LogP) is 3.22. The molecule has 0 N–H and O–H groups in total. The Morgan fingerprint density at radius 3 is 3.07 bits per heavy atom. The first-order valence-corrected chi connectivity index (χ1v) is 5.97. The first-order chi connectivity index (χ1) is 7.10. The third-order valence-corrected chi connectivity index (χ3v) is 3.90. The minimum Gasteiger partial charge on any atom is -0.462 e. The number of carbonyl (C=O) groups is 1. The number of ether oxygens (including phenoxy) is 1. The normalized spacial score (nSPS) is 35.3. The topological polar surface area (TPSA) is 26.3 Å². The van der Waals surface area contributed by atoms with Gasteiger partial charge in [0.05, 0.1) is 0 Å². The van der Waals surface area contributed by atoms with Crippen molar-refractivity contribution in [2.75, 3.05) is 0 Å². The van der Waals surface area contributed by atoms with Crippen LogP contribution < -0.4 is 0 Å². The van der Waals surface area contributed by atoms with Gasteiger partial charge in [-0.15, -0.1) is 0 Å². The number of rotatable bonds is 1. The van der Waals surface area contributed by atoms with Crippen LogP contribution in [-0.2, 0) is 9.53 Å². The molecule has 15 heavy (non-hydrogen) atoms. The minimum absolute atomic E-state index is 0.139. The van der Waals surface area contributed by atoms with Crippen molar-refractivity contribution in [1.29, 1.82) is 0 Å². The van der Waals surface area contributed by atoms with Crippen molar-refractivity contribution in [2.24, 2.45) is 5.41 Å². The molecule has 0 aliphatic heterocycles. The summed E-state index contributed by atoms with van der Waals surface area (Å²) >= 11 is 0. The van der Waals surface area contributed by atoms with Crippen LogP contribution in [0.3, 0.4) is 0 Å². The molecule has 2 nitrogen and oxygen atoms in total. The van der Waals surface area contributed by atoms with Gasteiger partial charge in [-0.2, -0.15) is 0 Å². The molecule has 0 radical (unpaired) electrons. The molecule has 2 aliphatic rings. The third kappa shape index (κ3) is 2.24. The Bertz CT molecular complexity index is 293. The van der Waals surface area contributed by atoms with Gasteiger partial charge in [0.25, 0.3) is 0 Å². The molecule has 2 atom stereocenters. The summed E-state index contributed by atoms with van der Waals surface area (Å²) in [6.45, 7) is 3.87. The van der Waals surface area contributed by atoms with Crippen LogP contribution in [0, 0.1) is 5.41 Å². The van der Waals surface area contributed by atoms with E-state index >= 15 is 0 Å². The molecular formula is C13H20O2. The lowest BCUT2D eigenvalue weighted by molar-refractivity contribution is -0.147. The highest BCUT2D eigenvalue weighted by Gasteiger charge is 2.37. The fourth-order valence-corrected chi connectivity index (χ4v) is 2.95. The molecule has 0 aromatic rings. The summed E-state index contributed by atoms with van der Waals surface area (Å²) in [6.07, 6.45) is 9.53. The molecule has 0 heterocycles. The van der Waals surface area contributed by atoms with Crippen LogP contribution in [0.4, 0.5) is 0 Å². The summed E-state index contributed by atoms with van der Waals surface area (Å²) in [6, 6.07) is 0. The molecule has 2 aliphatic carbocycles. The van der Waals surface area contributed by atoms with E-state index < -0.39 is 0 Å². The van der Waals surface area contributed by atoms with Gasteiger partial charge < -0.3 is 4.74 Å². The Balaban J connectivity index is 2.04. The van der Waals surface area contributed by atoms with Gasteiger partial charge in [-0.1, -0.05) is 18.6 Å². The Labute approximate surface area is 91.7 Å². The van der Waals surface area contributed by atoms with Crippen molar-refractivity contribution in [3.63, 3.8) is 0 Å². The Kier molecular flexibility index (Phi) is 2.85. The van der Waals surface area contributed by atoms with Crippen LogP contribution in [-0.4, -0.2) is 12.1 Å². The quantitative estimate of drug-likeness (QED) is 0.488. The van der Waals surface area contributed by atoms with Crippen molar-refractivity contribution >= 4 is 5.97 Å². The molecule has 0 aromatic heterocycles. The SMILES string of the molecule is CC(=O)OC1CC[C@]2(C)CCCC=C2C1. The second kappa shape index (κ2) is 3.99. The second-order valence-electron chi connectivity index (χ2n) is 5.16. The summed E-state index contributed by atoms with van der Waals surface area (Å²) in [5.74, 6) is -0.139. The Hall–Kier alpha value is -0.790. The first kappa shape index (κ1) is 10.7. The molecule has 0 amide bonds. The van der Waals surface area contributed by atoms with E-state index in [0.717, 1.165) is 12.8 Å². The van der Waals surface area contributed by atoms with E-state index in [1.807, 2.05) is 0 Å². The van der Waals surface area contributed by atoms with Gasteiger partial charge in [0.2, 0.25) is 0 Å². The highest BCUT2D eigenvalue weighted by Crippen LogP contribution is 2.47. The van der Waals surface area contributed by atoms with Crippen molar-refractivity contribution in [3.05, 3.63) is 11.6 Å². The maximum atomic E-state index is 10.9. The van der Waals surface area contributed by atoms with E-state index in [-0.39, 0.29) is 12.1 Å². The van der Waals surface area contributed by atoms with Gasteiger partial charge in [-0.3, -0.25) is 4.79 Å². The molecule has 84 valence electrons. The van der Waals surface area contributed by atoms with E-state index in [4.69, 9.17) is 4.74 Å². The van der Waals surface area contributed by atoms with Crippen LogP contribution in [0.25, 0.3) is 0 Å². The summed E-state index contributed by atoms with van der Waals surface area (Å²) < 4.78 is 5.31. The number of carbonyl (C=O) groups excluding carboxylic acids is 1. The van der Waals surface area contributed by atoms with Gasteiger partial charge >= 0.3 is 5.97 Å². The Morgan fingerprint density at radius 1 is 1.53 bits per heavy atom. The molecule has 1 unspecified atom stereocenters. The van der Waals surface area contributed by atoms with Crippen molar-refractivity contribution in [2.45, 2.75) is 58.5 Å². The van der Waals surface area contributed by atoms with E-state index in [0.29, 0.717) is 5.41 Å². The molecule has 2 heteroatoms. The number of hydrogen-bond donors (Lipinski definition) is 0. The molecule has 0 spiro atoms. The predicted molar refractivity (Wildman–Crippen MR) is 59.4 cm³/mol. The van der Waals surface area contributed by atoms with Crippen LogP contribution in [0.5, 0.6) is 0 Å². The van der Waals surface area contributed by atoms with Gasteiger partial charge in [0, 0.05) is 13.3 Å². The summed E-state index contributed by atoms with van der Waals surface area (Å²) in [4.78, 5) is 10.9. The van der Waals surface area contributed by atoms with E-state index in [1.54, 1.807) is 0 Å². The largest absolute Gasteiger partial charge is 0.462 e. The number of esters is 1. The fourth-order valence-electron chi connectivity index (χ4n) is 2.95.